The maximum absolute atomic E-state index is 13.7. The van der Waals surface area contributed by atoms with Crippen LogP contribution in [0.2, 0.25) is 0 Å². The Morgan fingerprint density at radius 2 is 1.89 bits per heavy atom. The van der Waals surface area contributed by atoms with E-state index in [1.807, 2.05) is 13.8 Å². The number of alkyl halides is 1. The molecule has 0 aliphatic rings. The lowest BCUT2D eigenvalue weighted by Gasteiger charge is -2.28. The molecule has 1 aromatic rings. The van der Waals surface area contributed by atoms with Crippen molar-refractivity contribution in [3.05, 3.63) is 15.6 Å². The zero-order valence-corrected chi connectivity index (χ0v) is 13.6. The lowest BCUT2D eigenvalue weighted by molar-refractivity contribution is -0.142. The van der Waals surface area contributed by atoms with Crippen LogP contribution < -0.4 is 0 Å². The first-order valence-corrected chi connectivity index (χ1v) is 7.30. The zero-order chi connectivity index (χ0) is 15.0. The number of hydrogen-bond donors (Lipinski definition) is 0. The first-order valence-electron chi connectivity index (χ1n) is 6.49. The van der Waals surface area contributed by atoms with Crippen molar-refractivity contribution in [3.63, 3.8) is 0 Å². The predicted molar refractivity (Wildman–Crippen MR) is 77.3 cm³/mol. The monoisotopic (exact) mass is 286 g/mol. The first-order chi connectivity index (χ1) is 8.55. The van der Waals surface area contributed by atoms with Gasteiger partial charge >= 0.3 is 0 Å². The van der Waals surface area contributed by atoms with Gasteiger partial charge in [-0.3, -0.25) is 4.79 Å². The third kappa shape index (κ3) is 3.53. The lowest BCUT2D eigenvalue weighted by atomic mass is 10.1. The molecule has 0 fully saturated rings. The minimum Gasteiger partial charge on any atom is -0.335 e. The van der Waals surface area contributed by atoms with E-state index in [0.717, 1.165) is 15.6 Å². The molecule has 0 saturated heterocycles. The fourth-order valence-electron chi connectivity index (χ4n) is 1.84. The van der Waals surface area contributed by atoms with E-state index < -0.39 is 11.6 Å². The van der Waals surface area contributed by atoms with E-state index in [0.29, 0.717) is 5.92 Å². The Bertz CT molecular complexity index is 463. The summed E-state index contributed by atoms with van der Waals surface area (Å²) in [4.78, 5) is 19.0. The highest BCUT2D eigenvalue weighted by atomic mass is 32.1. The summed E-state index contributed by atoms with van der Waals surface area (Å²) in [5.41, 5.74) is -0.917. The average Bonchev–Trinajstić information content (AvgIpc) is 2.67. The number of carbonyl (C=O) groups is 1. The molecule has 108 valence electrons. The van der Waals surface area contributed by atoms with Gasteiger partial charge < -0.3 is 4.90 Å². The second-order valence-electron chi connectivity index (χ2n) is 5.72. The Morgan fingerprint density at radius 3 is 2.26 bits per heavy atom. The van der Waals surface area contributed by atoms with E-state index in [1.165, 1.54) is 18.7 Å². The molecule has 5 heteroatoms. The van der Waals surface area contributed by atoms with Crippen molar-refractivity contribution >= 4 is 17.2 Å². The maximum Gasteiger partial charge on any atom is 0.259 e. The van der Waals surface area contributed by atoms with Crippen molar-refractivity contribution in [1.82, 2.24) is 9.88 Å². The van der Waals surface area contributed by atoms with E-state index in [-0.39, 0.29) is 6.04 Å². The summed E-state index contributed by atoms with van der Waals surface area (Å²) >= 11 is 1.60. The quantitative estimate of drug-likeness (QED) is 0.842. The summed E-state index contributed by atoms with van der Waals surface area (Å²) < 4.78 is 13.7. The molecule has 0 spiro atoms. The molecule has 0 N–H and O–H groups in total. The zero-order valence-electron chi connectivity index (χ0n) is 12.7. The van der Waals surface area contributed by atoms with Gasteiger partial charge in [0.15, 0.2) is 5.67 Å². The highest BCUT2D eigenvalue weighted by Gasteiger charge is 2.33. The van der Waals surface area contributed by atoms with Crippen LogP contribution >= 0.6 is 11.3 Å². The largest absolute Gasteiger partial charge is 0.335 e. The molecule has 0 aromatic carbocycles. The fraction of sp³-hybridized carbons (Fsp3) is 0.714. The molecule has 19 heavy (non-hydrogen) atoms. The highest BCUT2D eigenvalue weighted by Crippen LogP contribution is 2.32. The summed E-state index contributed by atoms with van der Waals surface area (Å²) in [6.07, 6.45) is 0. The molecule has 0 aliphatic heterocycles. The number of nitrogens with zero attached hydrogens (tertiary/aromatic N) is 2. The van der Waals surface area contributed by atoms with Crippen molar-refractivity contribution < 1.29 is 9.18 Å². The van der Waals surface area contributed by atoms with Gasteiger partial charge in [-0.1, -0.05) is 13.8 Å². The average molecular weight is 286 g/mol. The van der Waals surface area contributed by atoms with Crippen LogP contribution in [0.15, 0.2) is 0 Å². The number of amides is 1. The lowest BCUT2D eigenvalue weighted by Crippen LogP contribution is -2.41. The van der Waals surface area contributed by atoms with E-state index in [9.17, 15) is 9.18 Å². The molecular weight excluding hydrogens is 263 g/mol. The minimum atomic E-state index is -1.84. The molecule has 0 saturated carbocycles. The van der Waals surface area contributed by atoms with Gasteiger partial charge in [0.2, 0.25) is 0 Å². The Hall–Kier alpha value is -0.970. The van der Waals surface area contributed by atoms with E-state index in [2.05, 4.69) is 18.8 Å². The van der Waals surface area contributed by atoms with Gasteiger partial charge in [0, 0.05) is 17.8 Å². The van der Waals surface area contributed by atoms with Gasteiger partial charge in [-0.05, 0) is 27.7 Å². The van der Waals surface area contributed by atoms with Gasteiger partial charge in [-0.2, -0.15) is 0 Å². The Kier molecular flexibility index (Phi) is 4.72. The molecule has 1 heterocycles. The number of halogens is 1. The van der Waals surface area contributed by atoms with Crippen LogP contribution in [-0.2, 0) is 4.79 Å². The normalized spacial score (nSPS) is 13.7. The third-order valence-corrected chi connectivity index (χ3v) is 4.76. The van der Waals surface area contributed by atoms with Gasteiger partial charge in [-0.25, -0.2) is 9.37 Å². The van der Waals surface area contributed by atoms with Gasteiger partial charge in [0.25, 0.3) is 5.91 Å². The third-order valence-electron chi connectivity index (χ3n) is 3.13. The molecule has 1 amide bonds. The molecule has 0 unspecified atom stereocenters. The predicted octanol–water partition coefficient (Wildman–Crippen LogP) is 3.84. The first kappa shape index (κ1) is 16.1. The number of aromatic nitrogens is 1. The van der Waals surface area contributed by atoms with Crippen LogP contribution in [0.25, 0.3) is 0 Å². The van der Waals surface area contributed by atoms with Crippen LogP contribution in [0.3, 0.4) is 0 Å². The van der Waals surface area contributed by atoms with Gasteiger partial charge in [-0.15, -0.1) is 11.3 Å². The Labute approximate surface area is 118 Å². The van der Waals surface area contributed by atoms with Crippen molar-refractivity contribution in [3.8, 4) is 0 Å². The van der Waals surface area contributed by atoms with Crippen molar-refractivity contribution in [2.24, 2.45) is 0 Å². The Balaban J connectivity index is 3.00. The minimum absolute atomic E-state index is 0.160. The fourth-order valence-corrected chi connectivity index (χ4v) is 3.00. The molecular formula is C14H23FN2OS. The second kappa shape index (κ2) is 5.57. The molecule has 3 nitrogen and oxygen atoms in total. The number of aryl methyl sites for hydroxylation is 1. The summed E-state index contributed by atoms with van der Waals surface area (Å²) in [7, 11) is 1.64. The van der Waals surface area contributed by atoms with Crippen molar-refractivity contribution in [1.29, 1.82) is 0 Å². The number of thiazole rings is 1. The van der Waals surface area contributed by atoms with Crippen LogP contribution in [0.5, 0.6) is 0 Å². The maximum atomic E-state index is 13.7. The van der Waals surface area contributed by atoms with Gasteiger partial charge in [0.1, 0.15) is 0 Å². The SMILES string of the molecule is Cc1nc(C(C)C)sc1[C@H](C)N(C)C(=O)C(C)(C)F. The number of rotatable bonds is 4. The van der Waals surface area contributed by atoms with Crippen LogP contribution in [0, 0.1) is 6.92 Å². The van der Waals surface area contributed by atoms with Crippen molar-refractivity contribution in [2.75, 3.05) is 7.05 Å². The molecule has 0 bridgehead atoms. The number of hydrogen-bond acceptors (Lipinski definition) is 3. The van der Waals surface area contributed by atoms with E-state index in [4.69, 9.17) is 0 Å². The smallest absolute Gasteiger partial charge is 0.259 e. The summed E-state index contributed by atoms with van der Waals surface area (Å²) in [6.45, 7) is 10.6. The van der Waals surface area contributed by atoms with Gasteiger partial charge in [0.05, 0.1) is 16.7 Å². The van der Waals surface area contributed by atoms with Crippen LogP contribution in [-0.4, -0.2) is 28.5 Å². The van der Waals surface area contributed by atoms with Crippen molar-refractivity contribution in [2.45, 2.75) is 59.2 Å². The Morgan fingerprint density at radius 1 is 1.37 bits per heavy atom. The van der Waals surface area contributed by atoms with Crippen LogP contribution in [0.4, 0.5) is 4.39 Å². The molecule has 1 atom stereocenters. The topological polar surface area (TPSA) is 33.2 Å². The van der Waals surface area contributed by atoms with E-state index in [1.54, 1.807) is 18.4 Å². The summed E-state index contributed by atoms with van der Waals surface area (Å²) in [5.74, 6) is -0.137. The standard InChI is InChI=1S/C14H23FN2OS/c1-8(2)12-16-9(3)11(19-12)10(4)17(7)13(18)14(5,6)15/h8,10H,1-7H3/t10-/m0/s1. The molecule has 0 aliphatic carbocycles. The molecule has 1 rings (SSSR count). The number of carbonyl (C=O) groups excluding carboxylic acids is 1. The summed E-state index contributed by atoms with van der Waals surface area (Å²) in [5, 5.41) is 1.06. The molecule has 0 radical (unpaired) electrons. The van der Waals surface area contributed by atoms with E-state index >= 15 is 0 Å². The molecule has 1 aromatic heterocycles. The summed E-state index contributed by atoms with van der Waals surface area (Å²) in [6, 6.07) is -0.160. The highest BCUT2D eigenvalue weighted by molar-refractivity contribution is 7.11. The van der Waals surface area contributed by atoms with Crippen LogP contribution in [0.1, 0.15) is 62.2 Å². The second-order valence-corrected chi connectivity index (χ2v) is 6.78.